The highest BCUT2D eigenvalue weighted by molar-refractivity contribution is 6.18. The van der Waals surface area contributed by atoms with Gasteiger partial charge in [0.25, 0.3) is 0 Å². The van der Waals surface area contributed by atoms with Crippen LogP contribution in [0.2, 0.25) is 0 Å². The zero-order chi connectivity index (χ0) is 13.6. The third-order valence-corrected chi connectivity index (χ3v) is 2.82. The Labute approximate surface area is 106 Å². The van der Waals surface area contributed by atoms with Crippen molar-refractivity contribution in [1.82, 2.24) is 0 Å². The first-order chi connectivity index (χ1) is 8.24. The van der Waals surface area contributed by atoms with Gasteiger partial charge in [-0.2, -0.15) is 0 Å². The van der Waals surface area contributed by atoms with Gasteiger partial charge in [-0.25, -0.2) is 4.79 Å². The molecule has 0 spiro atoms. The van der Waals surface area contributed by atoms with Crippen molar-refractivity contribution in [1.29, 1.82) is 0 Å². The number of Topliss-reactive ketones (excluding diaryl/α,β-unsaturated/α-hetero) is 1. The Morgan fingerprint density at radius 2 is 1.94 bits per heavy atom. The lowest BCUT2D eigenvalue weighted by atomic mass is 9.99. The molecule has 0 saturated heterocycles. The minimum atomic E-state index is -2.07. The van der Waals surface area contributed by atoms with Crippen molar-refractivity contribution in [3.05, 3.63) is 35.4 Å². The van der Waals surface area contributed by atoms with Crippen LogP contribution >= 0.6 is 0 Å². The average molecular weight is 248 g/mol. The molecule has 96 valence electrons. The van der Waals surface area contributed by atoms with E-state index in [0.29, 0.717) is 11.1 Å². The highest BCUT2D eigenvalue weighted by Crippen LogP contribution is 2.31. The van der Waals surface area contributed by atoms with Crippen LogP contribution in [0.5, 0.6) is 0 Å². The summed E-state index contributed by atoms with van der Waals surface area (Å²) in [5.74, 6) is -1.46. The van der Waals surface area contributed by atoms with Crippen LogP contribution in [0.4, 0.5) is 0 Å². The first-order valence-electron chi connectivity index (χ1n) is 5.82. The molecular formula is C14H16O4. The van der Waals surface area contributed by atoms with Gasteiger partial charge in [0.15, 0.2) is 0 Å². The van der Waals surface area contributed by atoms with Crippen LogP contribution in [0.25, 0.3) is 0 Å². The monoisotopic (exact) mass is 248 g/mol. The van der Waals surface area contributed by atoms with E-state index in [9.17, 15) is 14.7 Å². The summed E-state index contributed by atoms with van der Waals surface area (Å²) in [5.41, 5.74) is -1.74. The number of ether oxygens (including phenoxy) is 1. The summed E-state index contributed by atoms with van der Waals surface area (Å²) in [4.78, 5) is 24.1. The largest absolute Gasteiger partial charge is 0.457 e. The summed E-state index contributed by atoms with van der Waals surface area (Å²) in [6.45, 7) is 5.09. The predicted octanol–water partition coefficient (Wildman–Crippen LogP) is 1.50. The highest BCUT2D eigenvalue weighted by atomic mass is 16.6. The van der Waals surface area contributed by atoms with E-state index in [4.69, 9.17) is 4.74 Å². The normalized spacial score (nSPS) is 22.8. The number of aliphatic hydroxyl groups is 1. The van der Waals surface area contributed by atoms with E-state index in [-0.39, 0.29) is 6.42 Å². The van der Waals surface area contributed by atoms with E-state index in [1.807, 2.05) is 0 Å². The maximum absolute atomic E-state index is 12.1. The molecule has 0 aromatic heterocycles. The lowest BCUT2D eigenvalue weighted by molar-refractivity contribution is -0.171. The Morgan fingerprint density at radius 1 is 1.33 bits per heavy atom. The summed E-state index contributed by atoms with van der Waals surface area (Å²) in [5, 5.41) is 10.3. The summed E-state index contributed by atoms with van der Waals surface area (Å²) >= 11 is 0. The van der Waals surface area contributed by atoms with Crippen molar-refractivity contribution >= 4 is 11.8 Å². The number of ketones is 1. The number of carbonyl (C=O) groups is 2. The van der Waals surface area contributed by atoms with Gasteiger partial charge in [0.05, 0.1) is 0 Å². The third kappa shape index (κ3) is 2.04. The molecule has 0 saturated carbocycles. The fourth-order valence-corrected chi connectivity index (χ4v) is 2.00. The van der Waals surface area contributed by atoms with Gasteiger partial charge in [-0.05, 0) is 26.3 Å². The number of hydrogen-bond acceptors (Lipinski definition) is 4. The molecule has 1 aromatic carbocycles. The van der Waals surface area contributed by atoms with Crippen LogP contribution in [-0.4, -0.2) is 28.1 Å². The Kier molecular flexibility index (Phi) is 2.78. The number of rotatable bonds is 1. The minimum Gasteiger partial charge on any atom is -0.457 e. The number of benzene rings is 1. The second-order valence-corrected chi connectivity index (χ2v) is 5.53. The maximum atomic E-state index is 12.1. The SMILES string of the molecule is CC(C)(C)OC(=O)C1(O)Cc2ccccc2C1=O. The zero-order valence-corrected chi connectivity index (χ0v) is 10.7. The fraction of sp³-hybridized carbons (Fsp3) is 0.429. The van der Waals surface area contributed by atoms with Crippen LogP contribution in [0.15, 0.2) is 24.3 Å². The molecule has 0 amide bonds. The molecule has 4 nitrogen and oxygen atoms in total. The molecular weight excluding hydrogens is 232 g/mol. The first-order valence-corrected chi connectivity index (χ1v) is 5.82. The van der Waals surface area contributed by atoms with Crippen LogP contribution in [0.1, 0.15) is 36.7 Å². The van der Waals surface area contributed by atoms with Crippen LogP contribution in [0.3, 0.4) is 0 Å². The topological polar surface area (TPSA) is 63.6 Å². The van der Waals surface area contributed by atoms with Crippen molar-refractivity contribution in [3.8, 4) is 0 Å². The lowest BCUT2D eigenvalue weighted by Gasteiger charge is -2.25. The molecule has 1 aliphatic rings. The van der Waals surface area contributed by atoms with Crippen LogP contribution in [-0.2, 0) is 16.0 Å². The van der Waals surface area contributed by atoms with Crippen LogP contribution in [0, 0.1) is 0 Å². The third-order valence-electron chi connectivity index (χ3n) is 2.82. The van der Waals surface area contributed by atoms with E-state index in [1.165, 1.54) is 0 Å². The zero-order valence-electron chi connectivity index (χ0n) is 10.7. The van der Waals surface area contributed by atoms with Gasteiger partial charge in [-0.15, -0.1) is 0 Å². The van der Waals surface area contributed by atoms with E-state index in [0.717, 1.165) is 0 Å². The molecule has 4 heteroatoms. The molecule has 0 bridgehead atoms. The smallest absolute Gasteiger partial charge is 0.347 e. The minimum absolute atomic E-state index is 0.0169. The van der Waals surface area contributed by atoms with E-state index < -0.39 is 23.0 Å². The standard InChI is InChI=1S/C14H16O4/c1-13(2,3)18-12(16)14(17)8-9-6-4-5-7-10(9)11(14)15/h4-7,17H,8H2,1-3H3. The number of hydrogen-bond donors (Lipinski definition) is 1. The van der Waals surface area contributed by atoms with Gasteiger partial charge >= 0.3 is 5.97 Å². The van der Waals surface area contributed by atoms with E-state index >= 15 is 0 Å². The molecule has 0 aliphatic heterocycles. The fourth-order valence-electron chi connectivity index (χ4n) is 2.00. The molecule has 1 unspecified atom stereocenters. The van der Waals surface area contributed by atoms with Gasteiger partial charge in [0.1, 0.15) is 5.60 Å². The van der Waals surface area contributed by atoms with Crippen LogP contribution < -0.4 is 0 Å². The summed E-state index contributed by atoms with van der Waals surface area (Å²) in [6, 6.07) is 6.82. The molecule has 1 atom stereocenters. The Hall–Kier alpha value is -1.68. The quantitative estimate of drug-likeness (QED) is 0.604. The van der Waals surface area contributed by atoms with E-state index in [2.05, 4.69) is 0 Å². The average Bonchev–Trinajstić information content (AvgIpc) is 2.51. The second-order valence-electron chi connectivity index (χ2n) is 5.53. The first kappa shape index (κ1) is 12.8. The Balaban J connectivity index is 2.31. The van der Waals surface area contributed by atoms with Gasteiger partial charge in [-0.1, -0.05) is 24.3 Å². The highest BCUT2D eigenvalue weighted by Gasteiger charge is 2.52. The molecule has 1 N–H and O–H groups in total. The summed E-state index contributed by atoms with van der Waals surface area (Å²) in [7, 11) is 0. The number of carbonyl (C=O) groups excluding carboxylic acids is 2. The second kappa shape index (κ2) is 3.92. The van der Waals surface area contributed by atoms with Gasteiger partial charge < -0.3 is 9.84 Å². The molecule has 0 fully saturated rings. The predicted molar refractivity (Wildman–Crippen MR) is 65.3 cm³/mol. The summed E-state index contributed by atoms with van der Waals surface area (Å²) in [6.07, 6.45) is -0.0169. The van der Waals surface area contributed by atoms with Crippen molar-refractivity contribution in [2.45, 2.75) is 38.4 Å². The summed E-state index contributed by atoms with van der Waals surface area (Å²) < 4.78 is 5.12. The maximum Gasteiger partial charge on any atom is 0.347 e. The van der Waals surface area contributed by atoms with E-state index in [1.54, 1.807) is 45.0 Å². The van der Waals surface area contributed by atoms with Crippen molar-refractivity contribution in [2.75, 3.05) is 0 Å². The molecule has 0 radical (unpaired) electrons. The molecule has 2 rings (SSSR count). The van der Waals surface area contributed by atoms with Gasteiger partial charge in [-0.3, -0.25) is 4.79 Å². The van der Waals surface area contributed by atoms with Crippen molar-refractivity contribution in [2.24, 2.45) is 0 Å². The van der Waals surface area contributed by atoms with Gasteiger partial charge in [0.2, 0.25) is 11.4 Å². The molecule has 1 aliphatic carbocycles. The molecule has 18 heavy (non-hydrogen) atoms. The Morgan fingerprint density at radius 3 is 2.50 bits per heavy atom. The van der Waals surface area contributed by atoms with Crippen molar-refractivity contribution in [3.63, 3.8) is 0 Å². The molecule has 0 heterocycles. The van der Waals surface area contributed by atoms with Crippen molar-refractivity contribution < 1.29 is 19.4 Å². The van der Waals surface area contributed by atoms with Gasteiger partial charge in [0, 0.05) is 12.0 Å². The molecule has 1 aromatic rings. The number of fused-ring (bicyclic) bond motifs is 1. The Bertz CT molecular complexity index is 513. The number of esters is 1. The lowest BCUT2D eigenvalue weighted by Crippen LogP contribution is -2.48.